The third-order valence-corrected chi connectivity index (χ3v) is 7.21. The second kappa shape index (κ2) is 6.60. The van der Waals surface area contributed by atoms with Crippen molar-refractivity contribution in [2.45, 2.75) is 69.0 Å². The second-order valence-corrected chi connectivity index (χ2v) is 9.75. The normalized spacial score (nSPS) is 35.9. The Kier molecular flexibility index (Phi) is 4.34. The lowest BCUT2D eigenvalue weighted by Crippen LogP contribution is -2.48. The third kappa shape index (κ3) is 2.69. The molecule has 11 heteroatoms. The van der Waals surface area contributed by atoms with Crippen LogP contribution in [0.5, 0.6) is 0 Å². The van der Waals surface area contributed by atoms with Crippen molar-refractivity contribution >= 4 is 17.3 Å². The van der Waals surface area contributed by atoms with Gasteiger partial charge in [-0.15, -0.1) is 0 Å². The van der Waals surface area contributed by atoms with Crippen LogP contribution in [0.3, 0.4) is 0 Å². The Hall–Kier alpha value is -2.81. The van der Waals surface area contributed by atoms with Gasteiger partial charge in [0.25, 0.3) is 0 Å². The number of aromatic nitrogens is 3. The van der Waals surface area contributed by atoms with Crippen LogP contribution in [-0.2, 0) is 19.9 Å². The monoisotopic (exact) mass is 445 g/mol. The SMILES string of the molecule is CC1(C)CCC(C(=O)OC2[C@H]3O[C@@](C#N)(c4cc(F)c5c(N)ncnn45)[C@H](O)[C@@]23O)CC1. The highest BCUT2D eigenvalue weighted by Gasteiger charge is 2.84. The zero-order chi connectivity index (χ0) is 23.1. The van der Waals surface area contributed by atoms with Gasteiger partial charge in [0.2, 0.25) is 5.60 Å². The molecule has 5 atom stereocenters. The van der Waals surface area contributed by atoms with Crippen molar-refractivity contribution in [3.63, 3.8) is 0 Å². The molecule has 10 nitrogen and oxygen atoms in total. The number of fused-ring (bicyclic) bond motifs is 2. The summed E-state index contributed by atoms with van der Waals surface area (Å²) < 4.78 is 26.8. The number of rotatable bonds is 3. The van der Waals surface area contributed by atoms with E-state index in [2.05, 4.69) is 23.9 Å². The van der Waals surface area contributed by atoms with Crippen LogP contribution in [0.4, 0.5) is 10.2 Å². The van der Waals surface area contributed by atoms with E-state index in [1.807, 2.05) is 6.07 Å². The van der Waals surface area contributed by atoms with Gasteiger partial charge in [0.1, 0.15) is 30.1 Å². The molecule has 2 aliphatic carbocycles. The molecular weight excluding hydrogens is 421 g/mol. The molecule has 1 unspecified atom stereocenters. The quantitative estimate of drug-likeness (QED) is 0.582. The first-order chi connectivity index (χ1) is 15.0. The Morgan fingerprint density at radius 3 is 2.72 bits per heavy atom. The van der Waals surface area contributed by atoms with Crippen LogP contribution in [-0.4, -0.2) is 54.7 Å². The summed E-state index contributed by atoms with van der Waals surface area (Å²) in [4.78, 5) is 16.4. The van der Waals surface area contributed by atoms with Gasteiger partial charge in [0.15, 0.2) is 23.3 Å². The van der Waals surface area contributed by atoms with Gasteiger partial charge in [0, 0.05) is 6.07 Å². The zero-order valence-electron chi connectivity index (χ0n) is 17.7. The number of halogens is 1. The Morgan fingerprint density at radius 1 is 1.44 bits per heavy atom. The molecule has 2 aromatic rings. The summed E-state index contributed by atoms with van der Waals surface area (Å²) in [7, 11) is 0. The van der Waals surface area contributed by atoms with E-state index in [9.17, 15) is 24.7 Å². The summed E-state index contributed by atoms with van der Waals surface area (Å²) >= 11 is 0. The fraction of sp³-hybridized carbons (Fsp3) is 0.619. The zero-order valence-corrected chi connectivity index (χ0v) is 17.7. The number of aliphatic hydroxyl groups excluding tert-OH is 1. The van der Waals surface area contributed by atoms with Crippen LogP contribution < -0.4 is 5.73 Å². The standard InChI is InChI=1S/C21H24FN5O5/c1-19(2)5-3-10(4-6-19)17(28)31-14-15-21(14,30)18(29)20(8-23,32-15)12-7-11(22)13-16(24)25-9-26-27(12)13/h7,9-10,14-15,18,29-30H,3-6H2,1-2H3,(H2,24,25,26)/t14?,15-,18+,20+,21-/m1/s1. The molecule has 2 saturated carbocycles. The molecular formula is C21H24FN5O5. The van der Waals surface area contributed by atoms with E-state index in [1.165, 1.54) is 0 Å². The lowest BCUT2D eigenvalue weighted by atomic mass is 9.73. The molecule has 0 radical (unpaired) electrons. The van der Waals surface area contributed by atoms with Crippen molar-refractivity contribution in [1.29, 1.82) is 5.26 Å². The van der Waals surface area contributed by atoms with Crippen molar-refractivity contribution in [3.8, 4) is 6.07 Å². The van der Waals surface area contributed by atoms with Gasteiger partial charge in [-0.2, -0.15) is 10.4 Å². The molecule has 3 fully saturated rings. The highest BCUT2D eigenvalue weighted by molar-refractivity contribution is 5.73. The van der Waals surface area contributed by atoms with Crippen LogP contribution >= 0.6 is 0 Å². The van der Waals surface area contributed by atoms with E-state index in [0.29, 0.717) is 12.8 Å². The molecule has 0 spiro atoms. The first-order valence-corrected chi connectivity index (χ1v) is 10.5. The van der Waals surface area contributed by atoms with Crippen molar-refractivity contribution in [2.24, 2.45) is 11.3 Å². The van der Waals surface area contributed by atoms with Crippen molar-refractivity contribution in [2.75, 3.05) is 5.73 Å². The number of nitrogens with zero attached hydrogens (tertiary/aromatic N) is 4. The molecule has 32 heavy (non-hydrogen) atoms. The second-order valence-electron chi connectivity index (χ2n) is 9.75. The van der Waals surface area contributed by atoms with Crippen LogP contribution in [0.25, 0.3) is 5.52 Å². The minimum absolute atomic E-state index is 0.144. The minimum Gasteiger partial charge on any atom is -0.456 e. The fourth-order valence-corrected chi connectivity index (χ4v) is 5.03. The van der Waals surface area contributed by atoms with E-state index >= 15 is 0 Å². The first-order valence-electron chi connectivity index (χ1n) is 10.5. The Labute approximate surface area is 182 Å². The van der Waals surface area contributed by atoms with Crippen LogP contribution in [0.2, 0.25) is 0 Å². The predicted molar refractivity (Wildman–Crippen MR) is 106 cm³/mol. The number of esters is 1. The highest BCUT2D eigenvalue weighted by Crippen LogP contribution is 2.59. The number of carbonyl (C=O) groups excluding carboxylic acids is 1. The number of nitrogen functional groups attached to an aromatic ring is 1. The Balaban J connectivity index is 1.38. The van der Waals surface area contributed by atoms with E-state index in [-0.39, 0.29) is 28.4 Å². The average molecular weight is 445 g/mol. The Morgan fingerprint density at radius 2 is 2.12 bits per heavy atom. The third-order valence-electron chi connectivity index (χ3n) is 7.21. The van der Waals surface area contributed by atoms with Gasteiger partial charge >= 0.3 is 5.97 Å². The van der Waals surface area contributed by atoms with Crippen LogP contribution in [0.15, 0.2) is 12.4 Å². The number of nitrogens with two attached hydrogens (primary N) is 1. The van der Waals surface area contributed by atoms with E-state index in [4.69, 9.17) is 15.2 Å². The Bertz CT molecular complexity index is 1150. The largest absolute Gasteiger partial charge is 0.456 e. The number of aliphatic hydroxyl groups is 2. The number of nitriles is 1. The molecule has 3 aliphatic rings. The minimum atomic E-state index is -2.13. The number of carbonyl (C=O) groups is 1. The number of ether oxygens (including phenoxy) is 2. The van der Waals surface area contributed by atoms with E-state index in [1.54, 1.807) is 0 Å². The van der Waals surface area contributed by atoms with Crippen molar-refractivity contribution in [3.05, 3.63) is 23.9 Å². The van der Waals surface area contributed by atoms with Crippen molar-refractivity contribution < 1.29 is 28.9 Å². The maximum absolute atomic E-state index is 14.5. The fourth-order valence-electron chi connectivity index (χ4n) is 5.03. The van der Waals surface area contributed by atoms with Gasteiger partial charge in [0.05, 0.1) is 11.6 Å². The van der Waals surface area contributed by atoms with Crippen LogP contribution in [0.1, 0.15) is 45.2 Å². The lowest BCUT2D eigenvalue weighted by Gasteiger charge is -2.33. The lowest BCUT2D eigenvalue weighted by molar-refractivity contribution is -0.165. The van der Waals surface area contributed by atoms with Gasteiger partial charge < -0.3 is 25.4 Å². The smallest absolute Gasteiger partial charge is 0.309 e. The summed E-state index contributed by atoms with van der Waals surface area (Å²) in [5.74, 6) is -1.70. The highest BCUT2D eigenvalue weighted by atomic mass is 19.1. The maximum Gasteiger partial charge on any atom is 0.309 e. The molecule has 0 bridgehead atoms. The number of hydrogen-bond acceptors (Lipinski definition) is 9. The average Bonchev–Trinajstić information content (AvgIpc) is 3.01. The maximum atomic E-state index is 14.5. The predicted octanol–water partition coefficient (Wildman–Crippen LogP) is 0.802. The molecule has 4 N–H and O–H groups in total. The molecule has 3 heterocycles. The summed E-state index contributed by atoms with van der Waals surface area (Å²) in [6, 6.07) is 2.80. The van der Waals surface area contributed by atoms with Gasteiger partial charge in [-0.3, -0.25) is 4.79 Å². The molecule has 170 valence electrons. The van der Waals surface area contributed by atoms with E-state index < -0.39 is 41.3 Å². The summed E-state index contributed by atoms with van der Waals surface area (Å²) in [5, 5.41) is 35.8. The van der Waals surface area contributed by atoms with Crippen LogP contribution in [0, 0.1) is 28.5 Å². The molecule has 2 aromatic heterocycles. The molecule has 1 aliphatic heterocycles. The summed E-state index contributed by atoms with van der Waals surface area (Å²) in [6.45, 7) is 4.31. The summed E-state index contributed by atoms with van der Waals surface area (Å²) in [5.41, 5.74) is 1.45. The van der Waals surface area contributed by atoms with Gasteiger partial charge in [-0.25, -0.2) is 13.9 Å². The molecule has 5 rings (SSSR count). The number of anilines is 1. The van der Waals surface area contributed by atoms with Gasteiger partial charge in [-0.05, 0) is 31.1 Å². The van der Waals surface area contributed by atoms with Gasteiger partial charge in [-0.1, -0.05) is 13.8 Å². The molecule has 1 saturated heterocycles. The van der Waals surface area contributed by atoms with E-state index in [0.717, 1.165) is 29.8 Å². The summed E-state index contributed by atoms with van der Waals surface area (Å²) in [6.07, 6.45) is 0.156. The molecule has 0 amide bonds. The first kappa shape index (κ1) is 21.1. The van der Waals surface area contributed by atoms with Crippen molar-refractivity contribution in [1.82, 2.24) is 14.6 Å². The number of hydrogen-bond donors (Lipinski definition) is 3. The molecule has 0 aromatic carbocycles. The topological polar surface area (TPSA) is 156 Å².